The predicted molar refractivity (Wildman–Crippen MR) is 104 cm³/mol. The van der Waals surface area contributed by atoms with E-state index in [-0.39, 0.29) is 5.75 Å². The third-order valence-corrected chi connectivity index (χ3v) is 6.59. The second-order valence-electron chi connectivity index (χ2n) is 5.73. The Morgan fingerprint density at radius 1 is 1.30 bits per heavy atom. The fourth-order valence-electron chi connectivity index (χ4n) is 2.16. The van der Waals surface area contributed by atoms with Crippen LogP contribution in [0, 0.1) is 0 Å². The van der Waals surface area contributed by atoms with Crippen molar-refractivity contribution in [1.82, 2.24) is 13.3 Å². The van der Waals surface area contributed by atoms with Gasteiger partial charge in [0.2, 0.25) is 10.0 Å². The molecule has 0 spiro atoms. The highest BCUT2D eigenvalue weighted by Gasteiger charge is 2.19. The van der Waals surface area contributed by atoms with Crippen LogP contribution in [0.2, 0.25) is 0 Å². The number of aromatic nitrogens is 2. The van der Waals surface area contributed by atoms with Crippen LogP contribution in [0.15, 0.2) is 43.1 Å². The maximum atomic E-state index is 12.2. The van der Waals surface area contributed by atoms with Crippen molar-refractivity contribution in [2.75, 3.05) is 31.7 Å². The van der Waals surface area contributed by atoms with Crippen LogP contribution in [0.4, 0.5) is 5.69 Å². The van der Waals surface area contributed by atoms with Crippen molar-refractivity contribution in [3.8, 4) is 0 Å². The van der Waals surface area contributed by atoms with Crippen molar-refractivity contribution < 1.29 is 21.6 Å². The number of hydrogen-bond donors (Lipinski definition) is 1. The van der Waals surface area contributed by atoms with Gasteiger partial charge in [-0.2, -0.15) is 12.7 Å². The van der Waals surface area contributed by atoms with Gasteiger partial charge in [-0.05, 0) is 24.6 Å². The number of benzene rings is 1. The molecule has 1 aromatic carbocycles. The smallest absolute Gasteiger partial charge is 0.308 e. The average molecular weight is 415 g/mol. The predicted octanol–water partition coefficient (Wildman–Crippen LogP) is 1.33. The van der Waals surface area contributed by atoms with Gasteiger partial charge in [0.05, 0.1) is 24.8 Å². The van der Waals surface area contributed by atoms with E-state index in [9.17, 15) is 16.8 Å². The topological polar surface area (TPSA) is 111 Å². The van der Waals surface area contributed by atoms with Crippen LogP contribution in [0.1, 0.15) is 18.2 Å². The molecule has 27 heavy (non-hydrogen) atoms. The molecule has 0 saturated heterocycles. The standard InChI is InChI=1S/C16H22N4O5S2/c1-5-26(21,22)18-14-8-6-7-13(9-14)15(11-25-4)16-10-20(12-17-16)27(23,24)19(2)3/h6-12,18H,5H2,1-4H3/b15-11+. The first-order chi connectivity index (χ1) is 12.6. The number of nitrogens with zero attached hydrogens (tertiary/aromatic N) is 3. The van der Waals surface area contributed by atoms with E-state index < -0.39 is 20.2 Å². The van der Waals surface area contributed by atoms with Crippen molar-refractivity contribution in [2.45, 2.75) is 6.92 Å². The monoisotopic (exact) mass is 414 g/mol. The Kier molecular flexibility index (Phi) is 6.29. The number of rotatable bonds is 8. The Balaban J connectivity index is 2.46. The molecular weight excluding hydrogens is 392 g/mol. The summed E-state index contributed by atoms with van der Waals surface area (Å²) in [5.41, 5.74) is 1.86. The van der Waals surface area contributed by atoms with E-state index in [1.165, 1.54) is 40.0 Å². The fraction of sp³-hybridized carbons (Fsp3) is 0.312. The van der Waals surface area contributed by atoms with Crippen LogP contribution in [0.25, 0.3) is 5.57 Å². The summed E-state index contributed by atoms with van der Waals surface area (Å²) in [5, 5.41) is 0. The first-order valence-corrected chi connectivity index (χ1v) is 11.0. The van der Waals surface area contributed by atoms with Crippen LogP contribution in [-0.4, -0.2) is 57.1 Å². The Labute approximate surface area is 159 Å². The van der Waals surface area contributed by atoms with Gasteiger partial charge in [0, 0.05) is 31.6 Å². The van der Waals surface area contributed by atoms with Gasteiger partial charge in [-0.25, -0.2) is 17.4 Å². The largest absolute Gasteiger partial charge is 0.504 e. The summed E-state index contributed by atoms with van der Waals surface area (Å²) in [5.74, 6) is -0.0508. The third kappa shape index (κ3) is 4.87. The molecule has 0 atom stereocenters. The molecule has 1 heterocycles. The third-order valence-electron chi connectivity index (χ3n) is 3.63. The molecule has 0 fully saturated rings. The molecule has 0 bridgehead atoms. The molecule has 0 amide bonds. The average Bonchev–Trinajstić information content (AvgIpc) is 3.10. The van der Waals surface area contributed by atoms with Gasteiger partial charge < -0.3 is 4.74 Å². The molecule has 0 aliphatic heterocycles. The second-order valence-corrected chi connectivity index (χ2v) is 9.79. The second kappa shape index (κ2) is 8.11. The highest BCUT2D eigenvalue weighted by atomic mass is 32.2. The Morgan fingerprint density at radius 3 is 2.59 bits per heavy atom. The number of ether oxygens (including phenoxy) is 1. The molecular formula is C16H22N4O5S2. The van der Waals surface area contributed by atoms with Crippen molar-refractivity contribution in [1.29, 1.82) is 0 Å². The van der Waals surface area contributed by atoms with E-state index in [2.05, 4.69) is 9.71 Å². The first kappa shape index (κ1) is 20.9. The van der Waals surface area contributed by atoms with Gasteiger partial charge in [-0.3, -0.25) is 4.72 Å². The molecule has 1 aromatic heterocycles. The minimum atomic E-state index is -3.69. The highest BCUT2D eigenvalue weighted by Crippen LogP contribution is 2.25. The van der Waals surface area contributed by atoms with Crippen LogP contribution < -0.4 is 4.72 Å². The van der Waals surface area contributed by atoms with Gasteiger partial charge in [0.25, 0.3) is 0 Å². The molecule has 2 aromatic rings. The first-order valence-electron chi connectivity index (χ1n) is 7.92. The molecule has 0 aliphatic rings. The number of hydrogen-bond acceptors (Lipinski definition) is 6. The fourth-order valence-corrected chi connectivity index (χ4v) is 3.56. The van der Waals surface area contributed by atoms with Gasteiger partial charge in [0.15, 0.2) is 0 Å². The molecule has 0 aliphatic carbocycles. The zero-order valence-electron chi connectivity index (χ0n) is 15.4. The normalized spacial score (nSPS) is 13.0. The molecule has 0 radical (unpaired) electrons. The van der Waals surface area contributed by atoms with Gasteiger partial charge >= 0.3 is 10.2 Å². The van der Waals surface area contributed by atoms with Crippen LogP contribution >= 0.6 is 0 Å². The van der Waals surface area contributed by atoms with E-state index in [1.807, 2.05) is 0 Å². The number of nitrogens with one attached hydrogen (secondary N) is 1. The summed E-state index contributed by atoms with van der Waals surface area (Å²) < 4.78 is 57.7. The lowest BCUT2D eigenvalue weighted by molar-refractivity contribution is 0.340. The lowest BCUT2D eigenvalue weighted by atomic mass is 10.0. The van der Waals surface area contributed by atoms with Crippen molar-refractivity contribution in [3.63, 3.8) is 0 Å². The summed E-state index contributed by atoms with van der Waals surface area (Å²) in [6, 6.07) is 6.67. The number of sulfonamides is 1. The summed E-state index contributed by atoms with van der Waals surface area (Å²) in [6.45, 7) is 1.54. The maximum Gasteiger partial charge on any atom is 0.308 e. The zero-order valence-corrected chi connectivity index (χ0v) is 17.1. The van der Waals surface area contributed by atoms with E-state index in [0.717, 1.165) is 8.28 Å². The maximum absolute atomic E-state index is 12.2. The zero-order chi connectivity index (χ0) is 20.2. The lowest BCUT2D eigenvalue weighted by Crippen LogP contribution is -2.27. The molecule has 0 saturated carbocycles. The SMILES string of the molecule is CCS(=O)(=O)Nc1cccc(/C(=C\OC)c2cn(S(=O)(=O)N(C)C)cn2)c1. The summed E-state index contributed by atoms with van der Waals surface area (Å²) in [6.07, 6.45) is 3.98. The minimum absolute atomic E-state index is 0.0508. The van der Waals surface area contributed by atoms with E-state index >= 15 is 0 Å². The highest BCUT2D eigenvalue weighted by molar-refractivity contribution is 7.92. The number of methoxy groups -OCH3 is 1. The molecule has 11 heteroatoms. The minimum Gasteiger partial charge on any atom is -0.504 e. The molecule has 2 rings (SSSR count). The Bertz CT molecular complexity index is 1040. The van der Waals surface area contributed by atoms with Crippen LogP contribution in [0.3, 0.4) is 0 Å². The molecule has 9 nitrogen and oxygen atoms in total. The van der Waals surface area contributed by atoms with Gasteiger partial charge in [-0.1, -0.05) is 12.1 Å². The van der Waals surface area contributed by atoms with Crippen molar-refractivity contribution in [3.05, 3.63) is 54.3 Å². The quantitative estimate of drug-likeness (QED) is 0.653. The van der Waals surface area contributed by atoms with Crippen LogP contribution in [0.5, 0.6) is 0 Å². The van der Waals surface area contributed by atoms with Gasteiger partial charge in [0.1, 0.15) is 6.33 Å². The Hall–Kier alpha value is -2.37. The number of imidazole rings is 1. The summed E-state index contributed by atoms with van der Waals surface area (Å²) >= 11 is 0. The van der Waals surface area contributed by atoms with Crippen molar-refractivity contribution in [2.24, 2.45) is 0 Å². The lowest BCUT2D eigenvalue weighted by Gasteiger charge is -2.11. The van der Waals surface area contributed by atoms with Crippen molar-refractivity contribution >= 4 is 31.5 Å². The van der Waals surface area contributed by atoms with E-state index in [4.69, 9.17) is 4.74 Å². The van der Waals surface area contributed by atoms with E-state index in [0.29, 0.717) is 22.5 Å². The van der Waals surface area contributed by atoms with Crippen LogP contribution in [-0.2, 0) is 25.0 Å². The molecule has 148 valence electrons. The summed E-state index contributed by atoms with van der Waals surface area (Å²) in [7, 11) is -2.82. The summed E-state index contributed by atoms with van der Waals surface area (Å²) in [4.78, 5) is 4.15. The Morgan fingerprint density at radius 2 is 2.00 bits per heavy atom. The number of anilines is 1. The van der Waals surface area contributed by atoms with Gasteiger partial charge in [-0.15, -0.1) is 0 Å². The molecule has 0 unspecified atom stereocenters. The molecule has 1 N–H and O–H groups in total. The van der Waals surface area contributed by atoms with E-state index in [1.54, 1.807) is 31.2 Å².